The minimum atomic E-state index is -0.574. The first kappa shape index (κ1) is 27.7. The summed E-state index contributed by atoms with van der Waals surface area (Å²) in [6.07, 6.45) is 4.14. The predicted octanol–water partition coefficient (Wildman–Crippen LogP) is 3.81. The van der Waals surface area contributed by atoms with Gasteiger partial charge in [-0.15, -0.1) is 0 Å². The topological polar surface area (TPSA) is 99.0 Å². The van der Waals surface area contributed by atoms with Gasteiger partial charge in [-0.3, -0.25) is 29.5 Å². The number of rotatable bonds is 6. The molecule has 3 amide bonds. The van der Waals surface area contributed by atoms with Crippen molar-refractivity contribution in [2.45, 2.75) is 65.1 Å². The molecule has 1 unspecified atom stereocenters. The van der Waals surface area contributed by atoms with E-state index in [4.69, 9.17) is 5.73 Å². The standard InChI is InChI=1S/C33H41N5O3/c1-33(2)12-11-24(28(18-33)23-4-6-26(34)7-5-23)20-37-15-13-36(14-16-37)19-22-3-8-27-25(17-22)21-38(32(27)41)29-9-10-30(39)35-31(29)40/h3-8,17,29H,9-16,18-21,34H2,1-2H3,(H,35,39,40). The number of fused-ring (bicyclic) bond motifs is 1. The molecule has 8 heteroatoms. The lowest BCUT2D eigenvalue weighted by Gasteiger charge is -2.38. The zero-order chi connectivity index (χ0) is 28.7. The number of nitrogen functional groups attached to an aromatic ring is 1. The Hall–Kier alpha value is -3.49. The number of carbonyl (C=O) groups is 3. The van der Waals surface area contributed by atoms with Gasteiger partial charge in [-0.25, -0.2) is 0 Å². The first-order chi connectivity index (χ1) is 19.6. The lowest BCUT2D eigenvalue weighted by Crippen LogP contribution is -2.52. The molecule has 2 aromatic carbocycles. The van der Waals surface area contributed by atoms with Crippen molar-refractivity contribution in [2.75, 3.05) is 38.5 Å². The van der Waals surface area contributed by atoms with Crippen LogP contribution in [-0.4, -0.2) is 71.2 Å². The lowest BCUT2D eigenvalue weighted by molar-refractivity contribution is -0.136. The molecular formula is C33H41N5O3. The number of allylic oxidation sites excluding steroid dienone is 1. The van der Waals surface area contributed by atoms with Crippen LogP contribution in [0.2, 0.25) is 0 Å². The highest BCUT2D eigenvalue weighted by molar-refractivity contribution is 6.05. The van der Waals surface area contributed by atoms with Gasteiger partial charge in [0.05, 0.1) is 0 Å². The van der Waals surface area contributed by atoms with Crippen LogP contribution < -0.4 is 11.1 Å². The molecule has 2 aromatic rings. The Balaban J connectivity index is 1.07. The second kappa shape index (κ2) is 11.1. The third-order valence-electron chi connectivity index (χ3n) is 9.32. The number of hydrogen-bond donors (Lipinski definition) is 2. The van der Waals surface area contributed by atoms with Gasteiger partial charge in [-0.2, -0.15) is 0 Å². The van der Waals surface area contributed by atoms with Crippen LogP contribution in [0.25, 0.3) is 5.57 Å². The lowest BCUT2D eigenvalue weighted by atomic mass is 9.72. The highest BCUT2D eigenvalue weighted by Gasteiger charge is 2.39. The molecule has 41 heavy (non-hydrogen) atoms. The first-order valence-electron chi connectivity index (χ1n) is 14.9. The zero-order valence-corrected chi connectivity index (χ0v) is 24.2. The van der Waals surface area contributed by atoms with E-state index in [1.165, 1.54) is 23.1 Å². The monoisotopic (exact) mass is 555 g/mol. The number of nitrogens with one attached hydrogen (secondary N) is 1. The Morgan fingerprint density at radius 2 is 1.63 bits per heavy atom. The highest BCUT2D eigenvalue weighted by atomic mass is 16.2. The fourth-order valence-corrected chi connectivity index (χ4v) is 6.86. The van der Waals surface area contributed by atoms with Crippen molar-refractivity contribution in [2.24, 2.45) is 5.41 Å². The molecule has 0 spiro atoms. The molecule has 2 saturated heterocycles. The quantitative estimate of drug-likeness (QED) is 0.416. The summed E-state index contributed by atoms with van der Waals surface area (Å²) in [5.41, 5.74) is 14.3. The molecule has 1 atom stereocenters. The summed E-state index contributed by atoms with van der Waals surface area (Å²) in [6, 6.07) is 13.9. The average molecular weight is 556 g/mol. The Bertz CT molecular complexity index is 1390. The number of anilines is 1. The van der Waals surface area contributed by atoms with Crippen molar-refractivity contribution >= 4 is 29.0 Å². The van der Waals surface area contributed by atoms with Crippen LogP contribution in [0.4, 0.5) is 5.69 Å². The summed E-state index contributed by atoms with van der Waals surface area (Å²) in [4.78, 5) is 43.6. The van der Waals surface area contributed by atoms with Crippen LogP contribution in [0.3, 0.4) is 0 Å². The van der Waals surface area contributed by atoms with Gasteiger partial charge < -0.3 is 10.6 Å². The van der Waals surface area contributed by atoms with E-state index in [1.54, 1.807) is 10.5 Å². The fraction of sp³-hybridized carbons (Fsp3) is 0.485. The van der Waals surface area contributed by atoms with E-state index in [1.807, 2.05) is 24.3 Å². The van der Waals surface area contributed by atoms with E-state index < -0.39 is 6.04 Å². The summed E-state index contributed by atoms with van der Waals surface area (Å²) >= 11 is 0. The van der Waals surface area contributed by atoms with E-state index in [0.717, 1.165) is 63.4 Å². The summed E-state index contributed by atoms with van der Waals surface area (Å²) in [7, 11) is 0. The van der Waals surface area contributed by atoms with E-state index >= 15 is 0 Å². The second-order valence-corrected chi connectivity index (χ2v) is 13.0. The van der Waals surface area contributed by atoms with Gasteiger partial charge in [-0.1, -0.05) is 43.7 Å². The molecular weight excluding hydrogens is 514 g/mol. The van der Waals surface area contributed by atoms with E-state index in [9.17, 15) is 14.4 Å². The van der Waals surface area contributed by atoms with Gasteiger partial charge in [0.25, 0.3) is 5.91 Å². The van der Waals surface area contributed by atoms with Gasteiger partial charge in [0.1, 0.15) is 6.04 Å². The largest absolute Gasteiger partial charge is 0.399 e. The molecule has 2 fully saturated rings. The molecule has 6 rings (SSSR count). The summed E-state index contributed by atoms with van der Waals surface area (Å²) in [5, 5.41) is 2.37. The molecule has 3 heterocycles. The minimum absolute atomic E-state index is 0.117. The van der Waals surface area contributed by atoms with Gasteiger partial charge in [0.15, 0.2) is 0 Å². The number of benzene rings is 2. The maximum Gasteiger partial charge on any atom is 0.255 e. The molecule has 4 aliphatic rings. The van der Waals surface area contributed by atoms with Gasteiger partial charge in [-0.05, 0) is 71.6 Å². The first-order valence-corrected chi connectivity index (χ1v) is 14.9. The SMILES string of the molecule is CC1(C)CCC(CN2CCN(Cc3ccc4c(c3)CN(C3CCC(=O)NC3=O)C4=O)CC2)=C(c2ccc(N)cc2)C1. The van der Waals surface area contributed by atoms with Crippen molar-refractivity contribution in [1.82, 2.24) is 20.0 Å². The number of hydrogen-bond acceptors (Lipinski definition) is 6. The van der Waals surface area contributed by atoms with Crippen LogP contribution in [0.15, 0.2) is 48.0 Å². The molecule has 1 aliphatic carbocycles. The predicted molar refractivity (Wildman–Crippen MR) is 160 cm³/mol. The Labute approximate surface area is 242 Å². The number of piperazine rings is 1. The van der Waals surface area contributed by atoms with Gasteiger partial charge >= 0.3 is 0 Å². The van der Waals surface area contributed by atoms with Crippen molar-refractivity contribution in [1.29, 1.82) is 0 Å². The highest BCUT2D eigenvalue weighted by Crippen LogP contribution is 2.43. The molecule has 8 nitrogen and oxygen atoms in total. The Kier molecular flexibility index (Phi) is 7.47. The second-order valence-electron chi connectivity index (χ2n) is 13.0. The molecule has 3 aliphatic heterocycles. The number of imide groups is 1. The maximum absolute atomic E-state index is 13.0. The van der Waals surface area contributed by atoms with Crippen LogP contribution in [0.1, 0.15) is 73.0 Å². The molecule has 3 N–H and O–H groups in total. The number of piperidine rings is 1. The normalized spacial score (nSPS) is 23.6. The number of carbonyl (C=O) groups excluding carboxylic acids is 3. The van der Waals surface area contributed by atoms with E-state index in [0.29, 0.717) is 23.9 Å². The van der Waals surface area contributed by atoms with Crippen LogP contribution >= 0.6 is 0 Å². The van der Waals surface area contributed by atoms with Gasteiger partial charge in [0, 0.05) is 63.5 Å². The van der Waals surface area contributed by atoms with E-state index in [-0.39, 0.29) is 24.1 Å². The summed E-state index contributed by atoms with van der Waals surface area (Å²) in [5.74, 6) is -0.748. The maximum atomic E-state index is 13.0. The Morgan fingerprint density at radius 3 is 2.34 bits per heavy atom. The van der Waals surface area contributed by atoms with Crippen molar-refractivity contribution in [3.05, 3.63) is 70.3 Å². The summed E-state index contributed by atoms with van der Waals surface area (Å²) in [6.45, 7) is 11.1. The van der Waals surface area contributed by atoms with Crippen LogP contribution in [0.5, 0.6) is 0 Å². The van der Waals surface area contributed by atoms with Crippen LogP contribution in [-0.2, 0) is 22.7 Å². The van der Waals surface area contributed by atoms with Crippen LogP contribution in [0, 0.1) is 5.41 Å². The fourth-order valence-electron chi connectivity index (χ4n) is 6.86. The zero-order valence-electron chi connectivity index (χ0n) is 24.2. The van der Waals surface area contributed by atoms with Crippen molar-refractivity contribution in [3.63, 3.8) is 0 Å². The average Bonchev–Trinajstić information content (AvgIpc) is 3.26. The Morgan fingerprint density at radius 1 is 0.927 bits per heavy atom. The smallest absolute Gasteiger partial charge is 0.255 e. The third kappa shape index (κ3) is 5.95. The van der Waals surface area contributed by atoms with Crippen molar-refractivity contribution in [3.8, 4) is 0 Å². The molecule has 0 radical (unpaired) electrons. The molecule has 0 bridgehead atoms. The number of nitrogens with zero attached hydrogens (tertiary/aromatic N) is 3. The van der Waals surface area contributed by atoms with Crippen molar-refractivity contribution < 1.29 is 14.4 Å². The minimum Gasteiger partial charge on any atom is -0.399 e. The third-order valence-corrected chi connectivity index (χ3v) is 9.32. The number of nitrogens with two attached hydrogens (primary N) is 1. The van der Waals surface area contributed by atoms with E-state index in [2.05, 4.69) is 47.2 Å². The number of amides is 3. The molecule has 0 aromatic heterocycles. The summed E-state index contributed by atoms with van der Waals surface area (Å²) < 4.78 is 0. The van der Waals surface area contributed by atoms with Gasteiger partial charge in [0.2, 0.25) is 11.8 Å². The molecule has 216 valence electrons. The molecule has 0 saturated carbocycles.